The summed E-state index contributed by atoms with van der Waals surface area (Å²) in [5.74, 6) is -1.03. The monoisotopic (exact) mass is 262 g/mol. The Hall–Kier alpha value is -1.88. The highest BCUT2D eigenvalue weighted by Gasteiger charge is 2.22. The van der Waals surface area contributed by atoms with Crippen molar-refractivity contribution >= 4 is 11.9 Å². The Morgan fingerprint density at radius 2 is 1.68 bits per heavy atom. The van der Waals surface area contributed by atoms with Crippen LogP contribution in [0.3, 0.4) is 0 Å². The molecule has 0 spiro atoms. The first-order chi connectivity index (χ1) is 9.09. The standard InChI is InChI=1S/C14H18N2O3/c1-16(12-6-8-15-9-7-12)13(17)10-2-4-11(5-3-10)14(18)19/h2-5,12,15H,6-9H2,1H3,(H,18,19). The van der Waals surface area contributed by atoms with Crippen LogP contribution in [0, 0.1) is 0 Å². The van der Waals surface area contributed by atoms with E-state index in [2.05, 4.69) is 5.32 Å². The molecule has 0 bridgehead atoms. The molecule has 0 saturated carbocycles. The van der Waals surface area contributed by atoms with Crippen LogP contribution >= 0.6 is 0 Å². The van der Waals surface area contributed by atoms with Crippen LogP contribution in [-0.2, 0) is 0 Å². The molecule has 0 aliphatic carbocycles. The molecule has 0 aromatic heterocycles. The van der Waals surface area contributed by atoms with Gasteiger partial charge in [-0.3, -0.25) is 4.79 Å². The number of benzene rings is 1. The van der Waals surface area contributed by atoms with Gasteiger partial charge in [0.1, 0.15) is 0 Å². The Balaban J connectivity index is 2.07. The number of rotatable bonds is 3. The third-order valence-corrected chi connectivity index (χ3v) is 3.56. The largest absolute Gasteiger partial charge is 0.478 e. The summed E-state index contributed by atoms with van der Waals surface area (Å²) in [6.45, 7) is 1.86. The average Bonchev–Trinajstić information content (AvgIpc) is 2.46. The SMILES string of the molecule is CN(C(=O)c1ccc(C(=O)O)cc1)C1CCNCC1. The lowest BCUT2D eigenvalue weighted by molar-refractivity contribution is 0.0686. The van der Waals surface area contributed by atoms with Gasteiger partial charge < -0.3 is 15.3 Å². The predicted molar refractivity (Wildman–Crippen MR) is 71.4 cm³/mol. The summed E-state index contributed by atoms with van der Waals surface area (Å²) < 4.78 is 0. The van der Waals surface area contributed by atoms with E-state index < -0.39 is 5.97 Å². The van der Waals surface area contributed by atoms with Gasteiger partial charge in [-0.05, 0) is 50.2 Å². The van der Waals surface area contributed by atoms with Gasteiger partial charge in [0.05, 0.1) is 5.56 Å². The molecule has 1 amide bonds. The number of carboxylic acids is 1. The zero-order valence-electron chi connectivity index (χ0n) is 10.9. The maximum absolute atomic E-state index is 12.3. The minimum Gasteiger partial charge on any atom is -0.478 e. The Labute approximate surface area is 112 Å². The van der Waals surface area contributed by atoms with E-state index in [0.29, 0.717) is 5.56 Å². The van der Waals surface area contributed by atoms with E-state index in [1.54, 1.807) is 17.0 Å². The van der Waals surface area contributed by atoms with Crippen molar-refractivity contribution < 1.29 is 14.7 Å². The molecule has 19 heavy (non-hydrogen) atoms. The highest BCUT2D eigenvalue weighted by molar-refractivity contribution is 5.95. The molecule has 0 radical (unpaired) electrons. The Bertz CT molecular complexity index is 464. The molecule has 1 aromatic carbocycles. The fraction of sp³-hybridized carbons (Fsp3) is 0.429. The lowest BCUT2D eigenvalue weighted by Gasteiger charge is -2.31. The second-order valence-electron chi connectivity index (χ2n) is 4.78. The summed E-state index contributed by atoms with van der Waals surface area (Å²) in [4.78, 5) is 24.8. The predicted octanol–water partition coefficient (Wildman–Crippen LogP) is 1.21. The van der Waals surface area contributed by atoms with Gasteiger partial charge in [0, 0.05) is 18.7 Å². The van der Waals surface area contributed by atoms with Gasteiger partial charge in [-0.1, -0.05) is 0 Å². The second kappa shape index (κ2) is 5.84. The van der Waals surface area contributed by atoms with Crippen LogP contribution in [0.1, 0.15) is 33.6 Å². The van der Waals surface area contributed by atoms with Gasteiger partial charge in [-0.2, -0.15) is 0 Å². The number of carbonyl (C=O) groups excluding carboxylic acids is 1. The quantitative estimate of drug-likeness (QED) is 0.859. The minimum atomic E-state index is -0.981. The summed E-state index contributed by atoms with van der Waals surface area (Å²) in [5.41, 5.74) is 0.729. The number of nitrogens with zero attached hydrogens (tertiary/aromatic N) is 1. The maximum atomic E-state index is 12.3. The molecular formula is C14H18N2O3. The summed E-state index contributed by atoms with van der Waals surface area (Å²) in [7, 11) is 1.81. The van der Waals surface area contributed by atoms with Crippen LogP contribution in [0.15, 0.2) is 24.3 Å². The summed E-state index contributed by atoms with van der Waals surface area (Å²) in [5, 5.41) is 12.1. The van der Waals surface area contributed by atoms with Gasteiger partial charge in [0.2, 0.25) is 0 Å². The van der Waals surface area contributed by atoms with Crippen LogP contribution in [0.4, 0.5) is 0 Å². The molecule has 2 rings (SSSR count). The highest BCUT2D eigenvalue weighted by Crippen LogP contribution is 2.14. The molecule has 1 aliphatic heterocycles. The number of aromatic carboxylic acids is 1. The number of piperidine rings is 1. The van der Waals surface area contributed by atoms with Gasteiger partial charge in [-0.15, -0.1) is 0 Å². The van der Waals surface area contributed by atoms with Crippen molar-refractivity contribution in [3.05, 3.63) is 35.4 Å². The van der Waals surface area contributed by atoms with Gasteiger partial charge in [0.25, 0.3) is 5.91 Å². The van der Waals surface area contributed by atoms with Crippen LogP contribution in [0.2, 0.25) is 0 Å². The van der Waals surface area contributed by atoms with E-state index in [1.165, 1.54) is 12.1 Å². The molecule has 0 unspecified atom stereocenters. The summed E-state index contributed by atoms with van der Waals surface area (Å²) >= 11 is 0. The third-order valence-electron chi connectivity index (χ3n) is 3.56. The van der Waals surface area contributed by atoms with E-state index in [-0.39, 0.29) is 17.5 Å². The zero-order valence-corrected chi connectivity index (χ0v) is 10.9. The maximum Gasteiger partial charge on any atom is 0.335 e. The molecule has 5 nitrogen and oxygen atoms in total. The lowest BCUT2D eigenvalue weighted by Crippen LogP contribution is -2.43. The number of amides is 1. The van der Waals surface area contributed by atoms with Crippen molar-refractivity contribution in [2.24, 2.45) is 0 Å². The van der Waals surface area contributed by atoms with Gasteiger partial charge >= 0.3 is 5.97 Å². The second-order valence-corrected chi connectivity index (χ2v) is 4.78. The highest BCUT2D eigenvalue weighted by atomic mass is 16.4. The Morgan fingerprint density at radius 3 is 2.21 bits per heavy atom. The van der Waals surface area contributed by atoms with Crippen molar-refractivity contribution in [1.29, 1.82) is 0 Å². The molecule has 1 fully saturated rings. The molecule has 2 N–H and O–H groups in total. The fourth-order valence-electron chi connectivity index (χ4n) is 2.32. The molecule has 0 atom stereocenters. The normalized spacial score (nSPS) is 16.1. The van der Waals surface area contributed by atoms with Crippen LogP contribution in [0.25, 0.3) is 0 Å². The first-order valence-corrected chi connectivity index (χ1v) is 6.41. The van der Waals surface area contributed by atoms with E-state index in [1.807, 2.05) is 7.05 Å². The average molecular weight is 262 g/mol. The van der Waals surface area contributed by atoms with Crippen molar-refractivity contribution in [1.82, 2.24) is 10.2 Å². The van der Waals surface area contributed by atoms with Gasteiger partial charge in [0.15, 0.2) is 0 Å². The third kappa shape index (κ3) is 3.12. The molecule has 102 valence electrons. The molecule has 5 heteroatoms. The van der Waals surface area contributed by atoms with E-state index in [9.17, 15) is 9.59 Å². The van der Waals surface area contributed by atoms with Gasteiger partial charge in [-0.25, -0.2) is 4.79 Å². The number of carbonyl (C=O) groups is 2. The number of hydrogen-bond acceptors (Lipinski definition) is 3. The van der Waals surface area contributed by atoms with E-state index >= 15 is 0 Å². The van der Waals surface area contributed by atoms with Crippen molar-refractivity contribution in [2.45, 2.75) is 18.9 Å². The minimum absolute atomic E-state index is 0.0520. The lowest BCUT2D eigenvalue weighted by atomic mass is 10.0. The van der Waals surface area contributed by atoms with Crippen LogP contribution < -0.4 is 5.32 Å². The van der Waals surface area contributed by atoms with Crippen LogP contribution in [0.5, 0.6) is 0 Å². The zero-order chi connectivity index (χ0) is 13.8. The molecule has 1 heterocycles. The smallest absolute Gasteiger partial charge is 0.335 e. The topological polar surface area (TPSA) is 69.6 Å². The van der Waals surface area contributed by atoms with E-state index in [0.717, 1.165) is 25.9 Å². The first-order valence-electron chi connectivity index (χ1n) is 6.41. The van der Waals surface area contributed by atoms with Crippen molar-refractivity contribution in [2.75, 3.05) is 20.1 Å². The molecule has 1 saturated heterocycles. The van der Waals surface area contributed by atoms with E-state index in [4.69, 9.17) is 5.11 Å². The Kier molecular flexibility index (Phi) is 4.16. The molecule has 1 aromatic rings. The summed E-state index contributed by atoms with van der Waals surface area (Å²) in [6, 6.07) is 6.33. The molecule has 1 aliphatic rings. The number of hydrogen-bond donors (Lipinski definition) is 2. The Morgan fingerprint density at radius 1 is 1.16 bits per heavy atom. The molecular weight excluding hydrogens is 244 g/mol. The van der Waals surface area contributed by atoms with Crippen molar-refractivity contribution in [3.8, 4) is 0 Å². The first kappa shape index (κ1) is 13.5. The van der Waals surface area contributed by atoms with Crippen LogP contribution in [-0.4, -0.2) is 48.1 Å². The number of nitrogens with one attached hydrogen (secondary N) is 1. The fourth-order valence-corrected chi connectivity index (χ4v) is 2.32. The van der Waals surface area contributed by atoms with Crippen molar-refractivity contribution in [3.63, 3.8) is 0 Å². The number of carboxylic acid groups (broad SMARTS) is 1. The summed E-state index contributed by atoms with van der Waals surface area (Å²) in [6.07, 6.45) is 1.91.